The molecule has 3 aromatic rings. The van der Waals surface area contributed by atoms with Crippen molar-refractivity contribution in [2.75, 3.05) is 0 Å². The van der Waals surface area contributed by atoms with Gasteiger partial charge < -0.3 is 0 Å². The van der Waals surface area contributed by atoms with Crippen molar-refractivity contribution in [2.24, 2.45) is 5.92 Å². The zero-order valence-corrected chi connectivity index (χ0v) is 16.8. The average molecular weight is 361 g/mol. The summed E-state index contributed by atoms with van der Waals surface area (Å²) in [6.45, 7) is 8.85. The third-order valence-electron chi connectivity index (χ3n) is 5.32. The Morgan fingerprint density at radius 3 is 1.89 bits per heavy atom. The summed E-state index contributed by atoms with van der Waals surface area (Å²) in [6.07, 6.45) is 2.43. The molecule has 0 fully saturated rings. The second kappa shape index (κ2) is 8.52. The minimum Gasteiger partial charge on any atom is -0.206 e. The van der Waals surface area contributed by atoms with Crippen LogP contribution in [0.1, 0.15) is 50.7 Å². The van der Waals surface area contributed by atoms with Crippen molar-refractivity contribution in [2.45, 2.75) is 46.5 Å². The number of aryl methyl sites for hydroxylation is 1. The molecule has 1 unspecified atom stereocenters. The van der Waals surface area contributed by atoms with Crippen LogP contribution >= 0.6 is 0 Å². The van der Waals surface area contributed by atoms with E-state index in [0.717, 1.165) is 22.6 Å². The lowest BCUT2D eigenvalue weighted by Gasteiger charge is -2.14. The maximum atomic E-state index is 14.8. The lowest BCUT2D eigenvalue weighted by Crippen LogP contribution is -1.97. The van der Waals surface area contributed by atoms with Gasteiger partial charge in [-0.3, -0.25) is 0 Å². The van der Waals surface area contributed by atoms with Gasteiger partial charge in [0.1, 0.15) is 5.82 Å². The molecule has 0 saturated heterocycles. The van der Waals surface area contributed by atoms with Crippen molar-refractivity contribution < 1.29 is 4.39 Å². The van der Waals surface area contributed by atoms with Gasteiger partial charge in [0.05, 0.1) is 0 Å². The van der Waals surface area contributed by atoms with Crippen LogP contribution in [-0.4, -0.2) is 0 Å². The first-order chi connectivity index (χ1) is 12.9. The van der Waals surface area contributed by atoms with Crippen LogP contribution in [0.5, 0.6) is 0 Å². The molecule has 3 aromatic carbocycles. The van der Waals surface area contributed by atoms with Gasteiger partial charge in [-0.2, -0.15) is 0 Å². The molecule has 0 N–H and O–H groups in total. The summed E-state index contributed by atoms with van der Waals surface area (Å²) < 4.78 is 14.8. The van der Waals surface area contributed by atoms with E-state index in [2.05, 4.69) is 52.0 Å². The van der Waals surface area contributed by atoms with E-state index in [1.54, 1.807) is 6.07 Å². The van der Waals surface area contributed by atoms with Crippen LogP contribution in [0.4, 0.5) is 4.39 Å². The van der Waals surface area contributed by atoms with E-state index in [0.29, 0.717) is 11.5 Å². The Hall–Kier alpha value is -2.41. The summed E-state index contributed by atoms with van der Waals surface area (Å²) in [5.41, 5.74) is 6.08. The first-order valence-corrected chi connectivity index (χ1v) is 9.91. The number of hydrogen-bond acceptors (Lipinski definition) is 0. The fraction of sp³-hybridized carbons (Fsp3) is 0.308. The predicted molar refractivity (Wildman–Crippen MR) is 114 cm³/mol. The maximum absolute atomic E-state index is 14.8. The first kappa shape index (κ1) is 19.4. The van der Waals surface area contributed by atoms with E-state index in [1.807, 2.05) is 36.4 Å². The van der Waals surface area contributed by atoms with E-state index < -0.39 is 0 Å². The summed E-state index contributed by atoms with van der Waals surface area (Å²) in [4.78, 5) is 0. The van der Waals surface area contributed by atoms with Gasteiger partial charge in [0.25, 0.3) is 0 Å². The molecule has 0 bridgehead atoms. The number of rotatable bonds is 6. The highest BCUT2D eigenvalue weighted by Crippen LogP contribution is 2.30. The molecule has 0 aromatic heterocycles. The smallest absolute Gasteiger partial charge is 0.131 e. The molecule has 0 aliphatic heterocycles. The summed E-state index contributed by atoms with van der Waals surface area (Å²) >= 11 is 0. The SMILES string of the molecule is Cc1ccc(-c2ccc(-c3ccc(C(C)CCC(C)C)cc3)c(F)c2)cc1. The van der Waals surface area contributed by atoms with Gasteiger partial charge in [-0.15, -0.1) is 0 Å². The standard InChI is InChI=1S/C26H29F/c1-18(2)5-8-20(4)21-11-13-23(14-12-21)25-16-15-24(17-26(25)27)22-9-6-19(3)7-10-22/h6-7,9-18,20H,5,8H2,1-4H3. The molecule has 140 valence electrons. The molecule has 0 aliphatic rings. The number of benzene rings is 3. The Morgan fingerprint density at radius 1 is 0.704 bits per heavy atom. The summed E-state index contributed by atoms with van der Waals surface area (Å²) in [5, 5.41) is 0. The topological polar surface area (TPSA) is 0 Å². The second-order valence-corrected chi connectivity index (χ2v) is 8.05. The van der Waals surface area contributed by atoms with Gasteiger partial charge in [-0.05, 0) is 53.5 Å². The summed E-state index contributed by atoms with van der Waals surface area (Å²) in [6, 6.07) is 22.1. The van der Waals surface area contributed by atoms with Crippen LogP contribution in [0.15, 0.2) is 66.7 Å². The molecule has 1 atom stereocenters. The molecule has 0 heterocycles. The zero-order chi connectivity index (χ0) is 19.4. The lowest BCUT2D eigenvalue weighted by atomic mass is 9.91. The maximum Gasteiger partial charge on any atom is 0.131 e. The van der Waals surface area contributed by atoms with Crippen molar-refractivity contribution in [1.82, 2.24) is 0 Å². The predicted octanol–water partition coefficient (Wildman–Crippen LogP) is 8.01. The molecule has 27 heavy (non-hydrogen) atoms. The Balaban J connectivity index is 1.79. The molecule has 0 radical (unpaired) electrons. The molecular weight excluding hydrogens is 331 g/mol. The molecule has 3 rings (SSSR count). The largest absolute Gasteiger partial charge is 0.206 e. The molecule has 0 aliphatic carbocycles. The van der Waals surface area contributed by atoms with Gasteiger partial charge in [0.2, 0.25) is 0 Å². The minimum atomic E-state index is -0.173. The molecule has 1 heteroatoms. The highest BCUT2D eigenvalue weighted by Gasteiger charge is 2.10. The van der Waals surface area contributed by atoms with Crippen LogP contribution in [0.3, 0.4) is 0 Å². The number of hydrogen-bond donors (Lipinski definition) is 0. The Bertz CT molecular complexity index is 873. The molecular formula is C26H29F. The normalized spacial score (nSPS) is 12.4. The molecule has 0 spiro atoms. The zero-order valence-electron chi connectivity index (χ0n) is 16.8. The summed E-state index contributed by atoms with van der Waals surface area (Å²) in [5.74, 6) is 1.09. The first-order valence-electron chi connectivity index (χ1n) is 9.91. The fourth-order valence-corrected chi connectivity index (χ4v) is 3.42. The van der Waals surface area contributed by atoms with Crippen molar-refractivity contribution >= 4 is 0 Å². The minimum absolute atomic E-state index is 0.173. The van der Waals surface area contributed by atoms with Crippen LogP contribution in [0.25, 0.3) is 22.3 Å². The molecule has 0 nitrogen and oxygen atoms in total. The fourth-order valence-electron chi connectivity index (χ4n) is 3.42. The molecule has 0 amide bonds. The lowest BCUT2D eigenvalue weighted by molar-refractivity contribution is 0.517. The Kier molecular flexibility index (Phi) is 6.11. The Labute approximate surface area is 163 Å². The van der Waals surface area contributed by atoms with Crippen molar-refractivity contribution in [3.8, 4) is 22.3 Å². The van der Waals surface area contributed by atoms with E-state index in [-0.39, 0.29) is 5.82 Å². The van der Waals surface area contributed by atoms with Crippen LogP contribution in [-0.2, 0) is 0 Å². The van der Waals surface area contributed by atoms with Gasteiger partial charge in [0, 0.05) is 5.56 Å². The van der Waals surface area contributed by atoms with E-state index >= 15 is 0 Å². The van der Waals surface area contributed by atoms with Crippen molar-refractivity contribution in [3.05, 3.63) is 83.7 Å². The highest BCUT2D eigenvalue weighted by atomic mass is 19.1. The number of halogens is 1. The van der Waals surface area contributed by atoms with Gasteiger partial charge in [0.15, 0.2) is 0 Å². The van der Waals surface area contributed by atoms with E-state index in [1.165, 1.54) is 24.0 Å². The van der Waals surface area contributed by atoms with E-state index in [9.17, 15) is 4.39 Å². The summed E-state index contributed by atoms with van der Waals surface area (Å²) in [7, 11) is 0. The van der Waals surface area contributed by atoms with Gasteiger partial charge in [-0.25, -0.2) is 4.39 Å². The monoisotopic (exact) mass is 360 g/mol. The quantitative estimate of drug-likeness (QED) is 0.417. The van der Waals surface area contributed by atoms with Crippen LogP contribution in [0, 0.1) is 18.7 Å². The van der Waals surface area contributed by atoms with Crippen LogP contribution in [0.2, 0.25) is 0 Å². The molecule has 0 saturated carbocycles. The van der Waals surface area contributed by atoms with Crippen LogP contribution < -0.4 is 0 Å². The van der Waals surface area contributed by atoms with Gasteiger partial charge in [-0.1, -0.05) is 93.4 Å². The van der Waals surface area contributed by atoms with Gasteiger partial charge >= 0.3 is 0 Å². The second-order valence-electron chi connectivity index (χ2n) is 8.05. The van der Waals surface area contributed by atoms with E-state index in [4.69, 9.17) is 0 Å². The van der Waals surface area contributed by atoms with Crippen molar-refractivity contribution in [3.63, 3.8) is 0 Å². The van der Waals surface area contributed by atoms with Crippen molar-refractivity contribution in [1.29, 1.82) is 0 Å². The third kappa shape index (κ3) is 4.86. The third-order valence-corrected chi connectivity index (χ3v) is 5.32. The average Bonchev–Trinajstić information content (AvgIpc) is 2.67. The highest BCUT2D eigenvalue weighted by molar-refractivity contribution is 5.71. The Morgan fingerprint density at radius 2 is 1.30 bits per heavy atom.